The zero-order chi connectivity index (χ0) is 20.2. The molecule has 6 nitrogen and oxygen atoms in total. The molecular formula is C23H25N3O3. The molecule has 4 rings (SSSR count). The maximum atomic E-state index is 12.2. The number of fused-ring (bicyclic) bond motifs is 1. The lowest BCUT2D eigenvalue weighted by Crippen LogP contribution is -2.25. The highest BCUT2D eigenvalue weighted by atomic mass is 16.5. The first-order valence-corrected chi connectivity index (χ1v) is 9.81. The summed E-state index contributed by atoms with van der Waals surface area (Å²) in [5.74, 6) is 0.797. The highest BCUT2D eigenvalue weighted by Gasteiger charge is 2.23. The van der Waals surface area contributed by atoms with E-state index < -0.39 is 0 Å². The van der Waals surface area contributed by atoms with Gasteiger partial charge in [0, 0.05) is 29.8 Å². The van der Waals surface area contributed by atoms with Crippen LogP contribution in [0.3, 0.4) is 0 Å². The van der Waals surface area contributed by atoms with Gasteiger partial charge >= 0.3 is 0 Å². The minimum absolute atomic E-state index is 0.0858. The number of hydrogen-bond acceptors (Lipinski definition) is 4. The van der Waals surface area contributed by atoms with E-state index in [9.17, 15) is 4.79 Å². The summed E-state index contributed by atoms with van der Waals surface area (Å²) in [5.41, 5.74) is 7.80. The van der Waals surface area contributed by atoms with Crippen molar-refractivity contribution in [1.29, 1.82) is 0 Å². The molecule has 3 aromatic rings. The number of hydrogen-bond donors (Lipinski definition) is 2. The van der Waals surface area contributed by atoms with Gasteiger partial charge in [-0.25, -0.2) is 5.43 Å². The van der Waals surface area contributed by atoms with Gasteiger partial charge in [0.25, 0.3) is 5.91 Å². The summed E-state index contributed by atoms with van der Waals surface area (Å²) in [4.78, 5) is 15.4. The summed E-state index contributed by atoms with van der Waals surface area (Å²) in [6.07, 6.45) is 4.49. The number of ether oxygens (including phenoxy) is 2. The summed E-state index contributed by atoms with van der Waals surface area (Å²) in [6.45, 7) is 5.45. The summed E-state index contributed by atoms with van der Waals surface area (Å²) < 4.78 is 11.4. The van der Waals surface area contributed by atoms with Crippen molar-refractivity contribution >= 4 is 23.0 Å². The maximum absolute atomic E-state index is 12.2. The number of carbonyl (C=O) groups is 1. The molecule has 0 aliphatic carbocycles. The van der Waals surface area contributed by atoms with Crippen molar-refractivity contribution in [2.75, 3.05) is 19.8 Å². The molecule has 0 spiro atoms. The van der Waals surface area contributed by atoms with E-state index in [0.29, 0.717) is 12.5 Å². The molecule has 1 aliphatic rings. The Morgan fingerprint density at radius 3 is 3.03 bits per heavy atom. The number of carbonyl (C=O) groups excluding carboxylic acids is 1. The van der Waals surface area contributed by atoms with Gasteiger partial charge in [-0.3, -0.25) is 4.79 Å². The molecule has 150 valence electrons. The molecule has 1 aromatic heterocycles. The highest BCUT2D eigenvalue weighted by Crippen LogP contribution is 2.35. The number of nitrogens with one attached hydrogen (secondary N) is 2. The molecule has 6 heteroatoms. The Balaban J connectivity index is 1.38. The molecule has 1 amide bonds. The molecular weight excluding hydrogens is 366 g/mol. The molecule has 2 N–H and O–H groups in total. The highest BCUT2D eigenvalue weighted by molar-refractivity contribution is 5.89. The average Bonchev–Trinajstić information content (AvgIpc) is 3.38. The number of benzene rings is 2. The second-order valence-electron chi connectivity index (χ2n) is 7.47. The fraction of sp³-hybridized carbons (Fsp3) is 0.304. The lowest BCUT2D eigenvalue weighted by Gasteiger charge is -2.18. The second-order valence-corrected chi connectivity index (χ2v) is 7.47. The van der Waals surface area contributed by atoms with E-state index in [4.69, 9.17) is 9.47 Å². The first-order chi connectivity index (χ1) is 14.1. The number of H-pyrrole nitrogens is 1. The van der Waals surface area contributed by atoms with Crippen LogP contribution in [0.15, 0.2) is 47.7 Å². The monoisotopic (exact) mass is 391 g/mol. The van der Waals surface area contributed by atoms with E-state index in [-0.39, 0.29) is 12.5 Å². The number of aromatic nitrogens is 1. The van der Waals surface area contributed by atoms with E-state index in [1.807, 2.05) is 37.4 Å². The van der Waals surface area contributed by atoms with Crippen LogP contribution >= 0.6 is 0 Å². The van der Waals surface area contributed by atoms with Crippen molar-refractivity contribution in [2.24, 2.45) is 5.10 Å². The van der Waals surface area contributed by atoms with Gasteiger partial charge in [0.2, 0.25) is 0 Å². The molecule has 1 fully saturated rings. The van der Waals surface area contributed by atoms with Gasteiger partial charge in [0.1, 0.15) is 5.75 Å². The summed E-state index contributed by atoms with van der Waals surface area (Å²) in [6, 6.07) is 12.2. The summed E-state index contributed by atoms with van der Waals surface area (Å²) in [7, 11) is 0. The van der Waals surface area contributed by atoms with Gasteiger partial charge < -0.3 is 14.5 Å². The van der Waals surface area contributed by atoms with Crippen molar-refractivity contribution in [3.63, 3.8) is 0 Å². The molecule has 2 heterocycles. The molecule has 1 atom stereocenters. The SMILES string of the molecule is Cc1cc(C)c(OCC(=O)NN=Cc2ccc3cc[nH]c3c2)c(C2CCOC2)c1. The Morgan fingerprint density at radius 2 is 2.21 bits per heavy atom. The molecule has 0 saturated carbocycles. The van der Waals surface area contributed by atoms with Crippen molar-refractivity contribution in [3.8, 4) is 5.75 Å². The topological polar surface area (TPSA) is 75.7 Å². The Labute approximate surface area is 169 Å². The largest absolute Gasteiger partial charge is 0.483 e. The van der Waals surface area contributed by atoms with Crippen molar-refractivity contribution < 1.29 is 14.3 Å². The van der Waals surface area contributed by atoms with Crippen LogP contribution in [0.25, 0.3) is 10.9 Å². The van der Waals surface area contributed by atoms with Crippen LogP contribution in [0, 0.1) is 13.8 Å². The van der Waals surface area contributed by atoms with Crippen LogP contribution in [0.4, 0.5) is 0 Å². The molecule has 0 radical (unpaired) electrons. The zero-order valence-corrected chi connectivity index (χ0v) is 16.7. The van der Waals surface area contributed by atoms with Gasteiger partial charge in [-0.15, -0.1) is 0 Å². The Hall–Kier alpha value is -3.12. The Bertz CT molecular complexity index is 1050. The smallest absolute Gasteiger partial charge is 0.277 e. The Morgan fingerprint density at radius 1 is 1.31 bits per heavy atom. The van der Waals surface area contributed by atoms with Crippen LogP contribution in [0.5, 0.6) is 5.75 Å². The lowest BCUT2D eigenvalue weighted by atomic mass is 9.93. The van der Waals surface area contributed by atoms with Gasteiger partial charge in [-0.2, -0.15) is 5.10 Å². The summed E-state index contributed by atoms with van der Waals surface area (Å²) >= 11 is 0. The van der Waals surface area contributed by atoms with E-state index in [1.54, 1.807) is 6.21 Å². The number of rotatable bonds is 6. The zero-order valence-electron chi connectivity index (χ0n) is 16.7. The second kappa shape index (κ2) is 8.49. The fourth-order valence-corrected chi connectivity index (χ4v) is 3.76. The van der Waals surface area contributed by atoms with Crippen molar-refractivity contribution in [3.05, 3.63) is 64.8 Å². The van der Waals surface area contributed by atoms with Crippen LogP contribution in [0.2, 0.25) is 0 Å². The van der Waals surface area contributed by atoms with Crippen molar-refractivity contribution in [2.45, 2.75) is 26.2 Å². The fourth-order valence-electron chi connectivity index (χ4n) is 3.76. The predicted molar refractivity (Wildman–Crippen MR) is 114 cm³/mol. The first-order valence-electron chi connectivity index (χ1n) is 9.81. The standard InChI is InChI=1S/C23H25N3O3/c1-15-9-16(2)23(20(10-15)19-6-8-28-13-19)29-14-22(27)26-25-12-17-3-4-18-5-7-24-21(18)11-17/h3-5,7,9-12,19,24H,6,8,13-14H2,1-2H3,(H,26,27). The number of aromatic amines is 1. The van der Waals surface area contributed by atoms with Gasteiger partial charge in [0.15, 0.2) is 6.61 Å². The summed E-state index contributed by atoms with van der Waals surface area (Å²) in [5, 5.41) is 5.18. The predicted octanol–water partition coefficient (Wildman–Crippen LogP) is 3.82. The quantitative estimate of drug-likeness (QED) is 0.495. The van der Waals surface area contributed by atoms with Crippen molar-refractivity contribution in [1.82, 2.24) is 10.4 Å². The number of nitrogens with zero attached hydrogens (tertiary/aromatic N) is 1. The molecule has 2 aromatic carbocycles. The van der Waals surface area contributed by atoms with E-state index in [2.05, 4.69) is 34.6 Å². The lowest BCUT2D eigenvalue weighted by molar-refractivity contribution is -0.123. The molecule has 1 unspecified atom stereocenters. The molecule has 0 bridgehead atoms. The maximum Gasteiger partial charge on any atom is 0.277 e. The average molecular weight is 391 g/mol. The molecule has 29 heavy (non-hydrogen) atoms. The van der Waals surface area contributed by atoms with Crippen LogP contribution in [0.1, 0.15) is 34.6 Å². The van der Waals surface area contributed by atoms with Crippen LogP contribution in [-0.2, 0) is 9.53 Å². The molecule has 1 aliphatic heterocycles. The van der Waals surface area contributed by atoms with Crippen LogP contribution in [-0.4, -0.2) is 36.9 Å². The number of amides is 1. The number of aryl methyl sites for hydroxylation is 2. The minimum atomic E-state index is -0.296. The third-order valence-electron chi connectivity index (χ3n) is 5.15. The van der Waals surface area contributed by atoms with Gasteiger partial charge in [-0.05, 0) is 48.9 Å². The van der Waals surface area contributed by atoms with E-state index in [0.717, 1.165) is 46.4 Å². The Kier molecular flexibility index (Phi) is 5.62. The van der Waals surface area contributed by atoms with Crippen LogP contribution < -0.4 is 10.2 Å². The van der Waals surface area contributed by atoms with Gasteiger partial charge in [0.05, 0.1) is 12.8 Å². The third-order valence-corrected chi connectivity index (χ3v) is 5.15. The normalized spacial score (nSPS) is 16.6. The van der Waals surface area contributed by atoms with E-state index >= 15 is 0 Å². The van der Waals surface area contributed by atoms with E-state index in [1.165, 1.54) is 5.56 Å². The third kappa shape index (κ3) is 4.49. The van der Waals surface area contributed by atoms with Gasteiger partial charge in [-0.1, -0.05) is 29.8 Å². The minimum Gasteiger partial charge on any atom is -0.483 e. The number of hydrazone groups is 1. The molecule has 1 saturated heterocycles. The first kappa shape index (κ1) is 19.2.